The molecule has 3 aromatic rings. The Labute approximate surface area is 194 Å². The first-order valence-corrected chi connectivity index (χ1v) is 10.6. The largest absolute Gasteiger partial charge is 0.494 e. The SMILES string of the molecule is CCCCNC(=O)C(=O)Nn1c(C(=O)Nc2ccc(Cl)c(Cl)c2)cc2cccc(OC)c21. The maximum atomic E-state index is 13.1. The Balaban J connectivity index is 1.96. The molecule has 0 spiro atoms. The molecule has 168 valence electrons. The highest BCUT2D eigenvalue weighted by molar-refractivity contribution is 6.42. The van der Waals surface area contributed by atoms with Crippen LogP contribution in [0.3, 0.4) is 0 Å². The minimum atomic E-state index is -0.909. The summed E-state index contributed by atoms with van der Waals surface area (Å²) in [5.41, 5.74) is 3.44. The second kappa shape index (κ2) is 10.4. The van der Waals surface area contributed by atoms with Crippen LogP contribution in [0.25, 0.3) is 10.9 Å². The van der Waals surface area contributed by atoms with Gasteiger partial charge in [0.1, 0.15) is 17.0 Å². The Hall–Kier alpha value is -3.23. The molecule has 0 aliphatic heterocycles. The Kier molecular flexibility index (Phi) is 7.61. The van der Waals surface area contributed by atoms with Crippen molar-refractivity contribution in [1.29, 1.82) is 0 Å². The smallest absolute Gasteiger partial charge is 0.328 e. The van der Waals surface area contributed by atoms with Crippen LogP contribution in [0.5, 0.6) is 5.75 Å². The van der Waals surface area contributed by atoms with Crippen molar-refractivity contribution in [3.05, 3.63) is 58.2 Å². The number of unbranched alkanes of at least 4 members (excludes halogenated alkanes) is 1. The van der Waals surface area contributed by atoms with Gasteiger partial charge in [0.25, 0.3) is 5.91 Å². The van der Waals surface area contributed by atoms with Crippen LogP contribution in [0.2, 0.25) is 10.0 Å². The molecule has 0 saturated carbocycles. The number of hydrogen-bond acceptors (Lipinski definition) is 4. The number of ether oxygens (including phenoxy) is 1. The molecule has 0 aliphatic rings. The van der Waals surface area contributed by atoms with E-state index in [1.165, 1.54) is 17.9 Å². The Morgan fingerprint density at radius 2 is 1.81 bits per heavy atom. The number of anilines is 1. The average molecular weight is 477 g/mol. The van der Waals surface area contributed by atoms with Gasteiger partial charge < -0.3 is 15.4 Å². The molecule has 3 amide bonds. The summed E-state index contributed by atoms with van der Waals surface area (Å²) >= 11 is 12.0. The summed E-state index contributed by atoms with van der Waals surface area (Å²) in [5, 5.41) is 6.53. The number of nitrogens with one attached hydrogen (secondary N) is 3. The zero-order valence-corrected chi connectivity index (χ0v) is 19.0. The molecule has 0 saturated heterocycles. The molecule has 0 fully saturated rings. The topological polar surface area (TPSA) is 101 Å². The number of para-hydroxylation sites is 1. The zero-order valence-electron chi connectivity index (χ0n) is 17.5. The fourth-order valence-electron chi connectivity index (χ4n) is 3.06. The second-order valence-corrected chi connectivity index (χ2v) is 7.71. The van der Waals surface area contributed by atoms with Gasteiger partial charge in [0.15, 0.2) is 0 Å². The van der Waals surface area contributed by atoms with E-state index in [2.05, 4.69) is 16.1 Å². The van der Waals surface area contributed by atoms with Gasteiger partial charge in [-0.25, -0.2) is 4.68 Å². The summed E-state index contributed by atoms with van der Waals surface area (Å²) in [6.07, 6.45) is 1.62. The van der Waals surface area contributed by atoms with Gasteiger partial charge in [-0.2, -0.15) is 0 Å². The van der Waals surface area contributed by atoms with Gasteiger partial charge in [0.05, 0.1) is 17.2 Å². The zero-order chi connectivity index (χ0) is 23.3. The van der Waals surface area contributed by atoms with Crippen molar-refractivity contribution in [3.8, 4) is 5.75 Å². The lowest BCUT2D eigenvalue weighted by atomic mass is 10.2. The van der Waals surface area contributed by atoms with E-state index in [0.717, 1.165) is 12.8 Å². The van der Waals surface area contributed by atoms with Crippen LogP contribution in [-0.4, -0.2) is 36.1 Å². The Morgan fingerprint density at radius 3 is 2.50 bits per heavy atom. The lowest BCUT2D eigenvalue weighted by Crippen LogP contribution is -2.40. The molecule has 32 heavy (non-hydrogen) atoms. The fourth-order valence-corrected chi connectivity index (χ4v) is 3.35. The van der Waals surface area contributed by atoms with Crippen molar-refractivity contribution in [3.63, 3.8) is 0 Å². The Bertz CT molecular complexity index is 1180. The normalized spacial score (nSPS) is 10.6. The van der Waals surface area contributed by atoms with Crippen LogP contribution in [0.15, 0.2) is 42.5 Å². The average Bonchev–Trinajstić information content (AvgIpc) is 3.15. The number of halogens is 2. The van der Waals surface area contributed by atoms with Gasteiger partial charge >= 0.3 is 11.8 Å². The standard InChI is InChI=1S/C22H22Cl2N4O4/c1-3-4-10-25-21(30)22(31)27-28-17(11-13-6-5-7-18(32-2)19(13)28)20(29)26-14-8-9-15(23)16(24)12-14/h5-9,11-12H,3-4,10H2,1-2H3,(H,25,30)(H,26,29)(H,27,31). The number of methoxy groups -OCH3 is 1. The van der Waals surface area contributed by atoms with Crippen LogP contribution in [0.1, 0.15) is 30.3 Å². The highest BCUT2D eigenvalue weighted by Crippen LogP contribution is 2.29. The molecule has 0 aliphatic carbocycles. The van der Waals surface area contributed by atoms with E-state index in [1.54, 1.807) is 36.4 Å². The third kappa shape index (κ3) is 5.15. The predicted octanol–water partition coefficient (Wildman–Crippen LogP) is 4.20. The number of benzene rings is 2. The molecule has 0 atom stereocenters. The summed E-state index contributed by atoms with van der Waals surface area (Å²) in [6, 6.07) is 11.4. The van der Waals surface area contributed by atoms with Gasteiger partial charge in [-0.1, -0.05) is 48.7 Å². The van der Waals surface area contributed by atoms with Gasteiger partial charge in [0.2, 0.25) is 0 Å². The van der Waals surface area contributed by atoms with Crippen molar-refractivity contribution in [2.45, 2.75) is 19.8 Å². The third-order valence-corrected chi connectivity index (χ3v) is 5.39. The second-order valence-electron chi connectivity index (χ2n) is 6.90. The molecule has 10 heteroatoms. The van der Waals surface area contributed by atoms with Crippen molar-refractivity contribution < 1.29 is 19.1 Å². The summed E-state index contributed by atoms with van der Waals surface area (Å²) < 4.78 is 6.63. The number of fused-ring (bicyclic) bond motifs is 1. The number of carbonyl (C=O) groups excluding carboxylic acids is 3. The van der Waals surface area contributed by atoms with Crippen LogP contribution >= 0.6 is 23.2 Å². The minimum absolute atomic E-state index is 0.0882. The monoisotopic (exact) mass is 476 g/mol. The van der Waals surface area contributed by atoms with Crippen LogP contribution in [0, 0.1) is 0 Å². The van der Waals surface area contributed by atoms with Crippen molar-refractivity contribution in [1.82, 2.24) is 9.99 Å². The summed E-state index contributed by atoms with van der Waals surface area (Å²) in [6.45, 7) is 2.35. The molecule has 1 aromatic heterocycles. The van der Waals surface area contributed by atoms with Gasteiger partial charge in [-0.3, -0.25) is 19.8 Å². The number of rotatable bonds is 7. The first-order chi connectivity index (χ1) is 15.3. The maximum absolute atomic E-state index is 13.1. The van der Waals surface area contributed by atoms with Gasteiger partial charge in [0, 0.05) is 17.6 Å². The van der Waals surface area contributed by atoms with E-state index in [9.17, 15) is 14.4 Å². The summed E-state index contributed by atoms with van der Waals surface area (Å²) in [7, 11) is 1.47. The first-order valence-electron chi connectivity index (χ1n) is 9.89. The highest BCUT2D eigenvalue weighted by Gasteiger charge is 2.22. The minimum Gasteiger partial charge on any atom is -0.494 e. The molecule has 3 rings (SSSR count). The Morgan fingerprint density at radius 1 is 1.03 bits per heavy atom. The van der Waals surface area contributed by atoms with Crippen LogP contribution < -0.4 is 20.8 Å². The highest BCUT2D eigenvalue weighted by atomic mass is 35.5. The predicted molar refractivity (Wildman–Crippen MR) is 125 cm³/mol. The third-order valence-electron chi connectivity index (χ3n) is 4.65. The molecule has 2 aromatic carbocycles. The molecule has 3 N–H and O–H groups in total. The van der Waals surface area contributed by atoms with Crippen molar-refractivity contribution >= 4 is 57.5 Å². The van der Waals surface area contributed by atoms with Crippen molar-refractivity contribution in [2.75, 3.05) is 24.4 Å². The van der Waals surface area contributed by atoms with E-state index in [-0.39, 0.29) is 10.7 Å². The number of nitrogens with zero attached hydrogens (tertiary/aromatic N) is 1. The molecule has 0 radical (unpaired) electrons. The maximum Gasteiger partial charge on any atom is 0.328 e. The lowest BCUT2D eigenvalue weighted by Gasteiger charge is -2.14. The van der Waals surface area contributed by atoms with E-state index >= 15 is 0 Å². The fraction of sp³-hybridized carbons (Fsp3) is 0.227. The number of hydrogen-bond donors (Lipinski definition) is 3. The van der Waals surface area contributed by atoms with Gasteiger partial charge in [-0.15, -0.1) is 0 Å². The number of aromatic nitrogens is 1. The molecule has 1 heterocycles. The summed E-state index contributed by atoms with van der Waals surface area (Å²) in [4.78, 5) is 37.8. The van der Waals surface area contributed by atoms with Crippen molar-refractivity contribution in [2.24, 2.45) is 0 Å². The van der Waals surface area contributed by atoms with E-state index < -0.39 is 17.7 Å². The van der Waals surface area contributed by atoms with E-state index in [0.29, 0.717) is 33.9 Å². The van der Waals surface area contributed by atoms with Crippen LogP contribution in [-0.2, 0) is 9.59 Å². The van der Waals surface area contributed by atoms with Crippen LogP contribution in [0.4, 0.5) is 5.69 Å². The quantitative estimate of drug-likeness (QED) is 0.351. The summed E-state index contributed by atoms with van der Waals surface area (Å²) in [5.74, 6) is -1.82. The van der Waals surface area contributed by atoms with Gasteiger partial charge in [-0.05, 0) is 36.8 Å². The first kappa shape index (κ1) is 23.4. The molecular weight excluding hydrogens is 455 g/mol. The number of carbonyl (C=O) groups is 3. The number of amides is 3. The molecule has 0 bridgehead atoms. The molecule has 0 unspecified atom stereocenters. The molecule has 8 nitrogen and oxygen atoms in total. The van der Waals surface area contributed by atoms with E-state index in [4.69, 9.17) is 27.9 Å². The van der Waals surface area contributed by atoms with E-state index in [1.807, 2.05) is 6.92 Å². The lowest BCUT2D eigenvalue weighted by molar-refractivity contribution is -0.136. The molecular formula is C22H22Cl2N4O4.